The second-order valence-corrected chi connectivity index (χ2v) is 4.77. The first-order valence-corrected chi connectivity index (χ1v) is 6.44. The number of methoxy groups -OCH3 is 1. The Bertz CT molecular complexity index is 395. The van der Waals surface area contributed by atoms with Crippen LogP contribution in [-0.4, -0.2) is 25.1 Å². The molecule has 0 radical (unpaired) electrons. The summed E-state index contributed by atoms with van der Waals surface area (Å²) in [5, 5.41) is -0.666. The molecule has 0 fully saturated rings. The summed E-state index contributed by atoms with van der Waals surface area (Å²) in [7, 11) is 1.59. The highest BCUT2D eigenvalue weighted by molar-refractivity contribution is 9.10. The lowest BCUT2D eigenvalue weighted by Crippen LogP contribution is -2.20. The van der Waals surface area contributed by atoms with Gasteiger partial charge in [0.25, 0.3) is 0 Å². The molecular formula is C12H14BrClO3. The van der Waals surface area contributed by atoms with Gasteiger partial charge in [0.15, 0.2) is 0 Å². The molecule has 1 atom stereocenters. The summed E-state index contributed by atoms with van der Waals surface area (Å²) >= 11 is 9.31. The van der Waals surface area contributed by atoms with Crippen molar-refractivity contribution in [2.24, 2.45) is 0 Å². The fraction of sp³-hybridized carbons (Fsp3) is 0.417. The van der Waals surface area contributed by atoms with Gasteiger partial charge in [0.2, 0.25) is 0 Å². The molecule has 5 heteroatoms. The van der Waals surface area contributed by atoms with Crippen LogP contribution in [0.1, 0.15) is 12.5 Å². The first-order valence-electron chi connectivity index (χ1n) is 5.21. The summed E-state index contributed by atoms with van der Waals surface area (Å²) in [6, 6.07) is 5.60. The van der Waals surface area contributed by atoms with Crippen molar-refractivity contribution in [3.63, 3.8) is 0 Å². The van der Waals surface area contributed by atoms with Crippen molar-refractivity contribution < 1.29 is 14.3 Å². The molecule has 1 aromatic carbocycles. The van der Waals surface area contributed by atoms with Gasteiger partial charge in [-0.1, -0.05) is 6.07 Å². The van der Waals surface area contributed by atoms with E-state index < -0.39 is 11.3 Å². The molecule has 0 saturated heterocycles. The zero-order valence-electron chi connectivity index (χ0n) is 9.70. The van der Waals surface area contributed by atoms with Crippen LogP contribution in [0.4, 0.5) is 0 Å². The van der Waals surface area contributed by atoms with Crippen LogP contribution < -0.4 is 4.74 Å². The summed E-state index contributed by atoms with van der Waals surface area (Å²) in [5.74, 6) is 0.325. The molecule has 1 aromatic rings. The van der Waals surface area contributed by atoms with Crippen LogP contribution in [0.15, 0.2) is 22.7 Å². The van der Waals surface area contributed by atoms with E-state index in [4.69, 9.17) is 21.1 Å². The fourth-order valence-corrected chi connectivity index (χ4v) is 2.00. The van der Waals surface area contributed by atoms with Crippen molar-refractivity contribution in [3.8, 4) is 5.75 Å². The predicted octanol–water partition coefficient (Wildman–Crippen LogP) is 3.17. The van der Waals surface area contributed by atoms with Crippen LogP contribution in [0.5, 0.6) is 5.75 Å². The van der Waals surface area contributed by atoms with Crippen molar-refractivity contribution in [2.75, 3.05) is 13.7 Å². The van der Waals surface area contributed by atoms with Crippen LogP contribution in [0.2, 0.25) is 0 Å². The van der Waals surface area contributed by atoms with Crippen molar-refractivity contribution >= 4 is 33.5 Å². The lowest BCUT2D eigenvalue weighted by Gasteiger charge is -2.10. The molecule has 0 aliphatic heterocycles. The van der Waals surface area contributed by atoms with Gasteiger partial charge < -0.3 is 9.47 Å². The number of benzene rings is 1. The van der Waals surface area contributed by atoms with Gasteiger partial charge in [-0.15, -0.1) is 11.6 Å². The Morgan fingerprint density at radius 2 is 2.24 bits per heavy atom. The number of hydrogen-bond acceptors (Lipinski definition) is 3. The van der Waals surface area contributed by atoms with Crippen LogP contribution in [0.25, 0.3) is 0 Å². The SMILES string of the molecule is CCOC(=O)C(Cl)Cc1ccc(Br)c(OC)c1. The fourth-order valence-electron chi connectivity index (χ4n) is 1.35. The van der Waals surface area contributed by atoms with Crippen molar-refractivity contribution in [2.45, 2.75) is 18.7 Å². The predicted molar refractivity (Wildman–Crippen MR) is 70.7 cm³/mol. The topological polar surface area (TPSA) is 35.5 Å². The van der Waals surface area contributed by atoms with Gasteiger partial charge in [0, 0.05) is 0 Å². The van der Waals surface area contributed by atoms with Gasteiger partial charge in [0.1, 0.15) is 11.1 Å². The number of hydrogen-bond donors (Lipinski definition) is 0. The Labute approximate surface area is 114 Å². The summed E-state index contributed by atoms with van der Waals surface area (Å²) in [6.45, 7) is 2.09. The zero-order valence-corrected chi connectivity index (χ0v) is 12.0. The van der Waals surface area contributed by atoms with E-state index in [2.05, 4.69) is 15.9 Å². The average Bonchev–Trinajstić information content (AvgIpc) is 2.31. The number of alkyl halides is 1. The molecule has 0 aliphatic rings. The first kappa shape index (κ1) is 14.3. The van der Waals surface area contributed by atoms with E-state index in [-0.39, 0.29) is 0 Å². The molecule has 94 valence electrons. The van der Waals surface area contributed by atoms with Crippen LogP contribution >= 0.6 is 27.5 Å². The van der Waals surface area contributed by atoms with Crippen molar-refractivity contribution in [3.05, 3.63) is 28.2 Å². The highest BCUT2D eigenvalue weighted by Crippen LogP contribution is 2.26. The second-order valence-electron chi connectivity index (χ2n) is 3.39. The smallest absolute Gasteiger partial charge is 0.324 e. The summed E-state index contributed by atoms with van der Waals surface area (Å²) in [5.41, 5.74) is 0.929. The van der Waals surface area contributed by atoms with E-state index in [1.165, 1.54) is 0 Å². The number of rotatable bonds is 5. The Morgan fingerprint density at radius 1 is 1.53 bits per heavy atom. The van der Waals surface area contributed by atoms with E-state index >= 15 is 0 Å². The molecular weight excluding hydrogens is 307 g/mol. The molecule has 0 aliphatic carbocycles. The van der Waals surface area contributed by atoms with Gasteiger partial charge in [-0.2, -0.15) is 0 Å². The van der Waals surface area contributed by atoms with Gasteiger partial charge in [-0.3, -0.25) is 4.79 Å². The minimum absolute atomic E-state index is 0.339. The maximum atomic E-state index is 11.4. The number of carbonyl (C=O) groups excluding carboxylic acids is 1. The molecule has 0 aromatic heterocycles. The lowest BCUT2D eigenvalue weighted by molar-refractivity contribution is -0.142. The molecule has 3 nitrogen and oxygen atoms in total. The summed E-state index contributed by atoms with van der Waals surface area (Å²) in [4.78, 5) is 11.4. The van der Waals surface area contributed by atoms with E-state index in [0.717, 1.165) is 15.8 Å². The highest BCUT2D eigenvalue weighted by Gasteiger charge is 2.17. The summed E-state index contributed by atoms with van der Waals surface area (Å²) < 4.78 is 10.9. The standard InChI is InChI=1S/C12H14BrClO3/c1-3-17-12(15)10(14)6-8-4-5-9(13)11(7-8)16-2/h4-5,7,10H,3,6H2,1-2H3. The van der Waals surface area contributed by atoms with Crippen LogP contribution in [0.3, 0.4) is 0 Å². The largest absolute Gasteiger partial charge is 0.496 e. The second kappa shape index (κ2) is 6.87. The lowest BCUT2D eigenvalue weighted by atomic mass is 10.1. The van der Waals surface area contributed by atoms with Crippen LogP contribution in [-0.2, 0) is 16.0 Å². The van der Waals surface area contributed by atoms with E-state index in [1.54, 1.807) is 14.0 Å². The zero-order chi connectivity index (χ0) is 12.8. The number of carbonyl (C=O) groups is 1. The molecule has 0 bridgehead atoms. The first-order chi connectivity index (χ1) is 8.08. The Balaban J connectivity index is 2.71. The normalized spacial score (nSPS) is 12.0. The monoisotopic (exact) mass is 320 g/mol. The average molecular weight is 322 g/mol. The number of halogens is 2. The Kier molecular flexibility index (Phi) is 5.78. The van der Waals surface area contributed by atoms with E-state index in [1.807, 2.05) is 18.2 Å². The highest BCUT2D eigenvalue weighted by atomic mass is 79.9. The molecule has 0 heterocycles. The van der Waals surface area contributed by atoms with Gasteiger partial charge in [0.05, 0.1) is 18.2 Å². The molecule has 0 spiro atoms. The third kappa shape index (κ3) is 4.21. The Hall–Kier alpha value is -0.740. The molecule has 17 heavy (non-hydrogen) atoms. The number of esters is 1. The minimum Gasteiger partial charge on any atom is -0.496 e. The molecule has 0 saturated carbocycles. The third-order valence-corrected chi connectivity index (χ3v) is 3.16. The quantitative estimate of drug-likeness (QED) is 0.617. The van der Waals surface area contributed by atoms with E-state index in [9.17, 15) is 4.79 Å². The third-order valence-electron chi connectivity index (χ3n) is 2.17. The van der Waals surface area contributed by atoms with Gasteiger partial charge >= 0.3 is 5.97 Å². The molecule has 0 amide bonds. The maximum absolute atomic E-state index is 11.4. The molecule has 0 N–H and O–H groups in total. The molecule has 1 rings (SSSR count). The molecule has 1 unspecified atom stereocenters. The van der Waals surface area contributed by atoms with Gasteiger partial charge in [-0.25, -0.2) is 0 Å². The van der Waals surface area contributed by atoms with Gasteiger partial charge in [-0.05, 0) is 47.0 Å². The minimum atomic E-state index is -0.666. The van der Waals surface area contributed by atoms with Crippen molar-refractivity contribution in [1.82, 2.24) is 0 Å². The number of ether oxygens (including phenoxy) is 2. The van der Waals surface area contributed by atoms with Crippen molar-refractivity contribution in [1.29, 1.82) is 0 Å². The summed E-state index contributed by atoms with van der Waals surface area (Å²) in [6.07, 6.45) is 0.421. The Morgan fingerprint density at radius 3 is 2.82 bits per heavy atom. The van der Waals surface area contributed by atoms with E-state index in [0.29, 0.717) is 13.0 Å². The van der Waals surface area contributed by atoms with Crippen LogP contribution in [0, 0.1) is 0 Å². The maximum Gasteiger partial charge on any atom is 0.324 e.